The maximum Gasteiger partial charge on any atom is 0.264 e. The lowest BCUT2D eigenvalue weighted by molar-refractivity contribution is -0.139. The van der Waals surface area contributed by atoms with Crippen molar-refractivity contribution in [2.45, 2.75) is 56.0 Å². The molecule has 0 radical (unpaired) electrons. The molecular weight excluding hydrogens is 526 g/mol. The Morgan fingerprint density at radius 1 is 0.925 bits per heavy atom. The summed E-state index contributed by atoms with van der Waals surface area (Å²) < 4.78 is 33.9. The van der Waals surface area contributed by atoms with E-state index in [2.05, 4.69) is 5.32 Å². The standard InChI is InChI=1S/C31H37N3O5S/c1-24(31(36)32-26-13-9-10-14-26)33(22-21-25-11-5-3-6-12-25)30(35)23-34(27-17-19-28(39-2)20-18-27)40(37,38)29-15-7-4-8-16-29/h3-8,11-12,15-20,24,26H,9-10,13-14,21-23H2,1-2H3,(H,32,36)/t24-/m0/s1. The van der Waals surface area contributed by atoms with Gasteiger partial charge in [0.15, 0.2) is 0 Å². The second kappa shape index (κ2) is 13.5. The summed E-state index contributed by atoms with van der Waals surface area (Å²) in [4.78, 5) is 28.8. The summed E-state index contributed by atoms with van der Waals surface area (Å²) in [5, 5.41) is 3.09. The Kier molecular flexibility index (Phi) is 9.82. The van der Waals surface area contributed by atoms with Crippen LogP contribution in [0.3, 0.4) is 0 Å². The lowest BCUT2D eigenvalue weighted by Crippen LogP contribution is -2.53. The largest absolute Gasteiger partial charge is 0.497 e. The number of nitrogens with zero attached hydrogens (tertiary/aromatic N) is 2. The Bertz CT molecular complexity index is 1360. The highest BCUT2D eigenvalue weighted by Gasteiger charge is 2.33. The van der Waals surface area contributed by atoms with Crippen LogP contribution in [-0.2, 0) is 26.0 Å². The minimum absolute atomic E-state index is 0.0708. The molecule has 1 N–H and O–H groups in total. The summed E-state index contributed by atoms with van der Waals surface area (Å²) in [5.41, 5.74) is 1.34. The van der Waals surface area contributed by atoms with Gasteiger partial charge in [0.2, 0.25) is 11.8 Å². The Balaban J connectivity index is 1.63. The molecule has 0 aliphatic heterocycles. The van der Waals surface area contributed by atoms with Gasteiger partial charge < -0.3 is 15.0 Å². The fraction of sp³-hybridized carbons (Fsp3) is 0.355. The monoisotopic (exact) mass is 563 g/mol. The predicted octanol–water partition coefficient (Wildman–Crippen LogP) is 4.41. The van der Waals surface area contributed by atoms with E-state index in [-0.39, 0.29) is 23.4 Å². The van der Waals surface area contributed by atoms with E-state index in [0.717, 1.165) is 35.6 Å². The van der Waals surface area contributed by atoms with Crippen LogP contribution >= 0.6 is 0 Å². The Hall–Kier alpha value is -3.85. The van der Waals surface area contributed by atoms with Gasteiger partial charge >= 0.3 is 0 Å². The number of hydrogen-bond donors (Lipinski definition) is 1. The van der Waals surface area contributed by atoms with Crippen LogP contribution in [0.1, 0.15) is 38.2 Å². The minimum Gasteiger partial charge on any atom is -0.497 e. The van der Waals surface area contributed by atoms with Gasteiger partial charge in [0.25, 0.3) is 10.0 Å². The highest BCUT2D eigenvalue weighted by molar-refractivity contribution is 7.92. The molecule has 0 spiro atoms. The van der Waals surface area contributed by atoms with Gasteiger partial charge in [0.05, 0.1) is 17.7 Å². The van der Waals surface area contributed by atoms with E-state index in [0.29, 0.717) is 17.9 Å². The quantitative estimate of drug-likeness (QED) is 0.352. The molecule has 4 rings (SSSR count). The second-order valence-electron chi connectivity index (χ2n) is 10.0. The smallest absolute Gasteiger partial charge is 0.264 e. The first-order valence-corrected chi connectivity index (χ1v) is 15.1. The molecule has 1 saturated carbocycles. The Morgan fingerprint density at radius 3 is 2.12 bits per heavy atom. The lowest BCUT2D eigenvalue weighted by atomic mass is 10.1. The summed E-state index contributed by atoms with van der Waals surface area (Å²) in [6.07, 6.45) is 4.53. The molecule has 40 heavy (non-hydrogen) atoms. The second-order valence-corrected chi connectivity index (χ2v) is 11.9. The zero-order chi connectivity index (χ0) is 28.5. The van der Waals surface area contributed by atoms with Gasteiger partial charge in [-0.05, 0) is 68.1 Å². The van der Waals surface area contributed by atoms with Gasteiger partial charge in [-0.25, -0.2) is 8.42 Å². The van der Waals surface area contributed by atoms with Crippen LogP contribution < -0.4 is 14.4 Å². The zero-order valence-corrected chi connectivity index (χ0v) is 23.8. The molecule has 1 atom stereocenters. The van der Waals surface area contributed by atoms with E-state index >= 15 is 0 Å². The minimum atomic E-state index is -4.09. The van der Waals surface area contributed by atoms with Gasteiger partial charge in [-0.1, -0.05) is 61.4 Å². The maximum absolute atomic E-state index is 13.9. The van der Waals surface area contributed by atoms with Gasteiger partial charge in [0.1, 0.15) is 18.3 Å². The molecule has 0 aromatic heterocycles. The van der Waals surface area contributed by atoms with Crippen molar-refractivity contribution >= 4 is 27.5 Å². The average molecular weight is 564 g/mol. The molecule has 1 aliphatic rings. The number of carbonyl (C=O) groups excluding carboxylic acids is 2. The van der Waals surface area contributed by atoms with Gasteiger partial charge in [-0.15, -0.1) is 0 Å². The van der Waals surface area contributed by atoms with E-state index in [4.69, 9.17) is 4.74 Å². The number of carbonyl (C=O) groups is 2. The molecule has 9 heteroatoms. The van der Waals surface area contributed by atoms with Crippen molar-refractivity contribution in [2.24, 2.45) is 0 Å². The van der Waals surface area contributed by atoms with Gasteiger partial charge in [0, 0.05) is 12.6 Å². The van der Waals surface area contributed by atoms with E-state index in [1.807, 2.05) is 30.3 Å². The number of methoxy groups -OCH3 is 1. The van der Waals surface area contributed by atoms with Gasteiger partial charge in [-0.3, -0.25) is 13.9 Å². The molecule has 0 bridgehead atoms. The van der Waals surface area contributed by atoms with Crippen molar-refractivity contribution in [1.29, 1.82) is 0 Å². The number of nitrogens with one attached hydrogen (secondary N) is 1. The van der Waals surface area contributed by atoms with E-state index < -0.39 is 28.5 Å². The van der Waals surface area contributed by atoms with Crippen molar-refractivity contribution in [2.75, 3.05) is 24.5 Å². The van der Waals surface area contributed by atoms with Crippen molar-refractivity contribution in [3.8, 4) is 5.75 Å². The molecule has 212 valence electrons. The number of rotatable bonds is 12. The van der Waals surface area contributed by atoms with E-state index in [1.54, 1.807) is 49.4 Å². The van der Waals surface area contributed by atoms with Crippen LogP contribution in [0, 0.1) is 0 Å². The number of sulfonamides is 1. The summed E-state index contributed by atoms with van der Waals surface area (Å²) in [6.45, 7) is 1.51. The molecular formula is C31H37N3O5S. The van der Waals surface area contributed by atoms with Crippen LogP contribution in [0.25, 0.3) is 0 Å². The predicted molar refractivity (Wildman–Crippen MR) is 156 cm³/mol. The third kappa shape index (κ3) is 7.21. The SMILES string of the molecule is COc1ccc(N(CC(=O)N(CCc2ccccc2)[C@@H](C)C(=O)NC2CCCC2)S(=O)(=O)c2ccccc2)cc1. The fourth-order valence-corrected chi connectivity index (χ4v) is 6.39. The lowest BCUT2D eigenvalue weighted by Gasteiger charge is -2.32. The van der Waals surface area contributed by atoms with Crippen molar-refractivity contribution in [3.05, 3.63) is 90.5 Å². The number of anilines is 1. The molecule has 0 saturated heterocycles. The molecule has 3 aromatic rings. The fourth-order valence-electron chi connectivity index (χ4n) is 4.96. The van der Waals surface area contributed by atoms with Crippen LogP contribution in [0.2, 0.25) is 0 Å². The van der Waals surface area contributed by atoms with Crippen molar-refractivity contribution < 1.29 is 22.7 Å². The molecule has 0 unspecified atom stereocenters. The number of amides is 2. The zero-order valence-electron chi connectivity index (χ0n) is 23.0. The summed E-state index contributed by atoms with van der Waals surface area (Å²) in [5.74, 6) is -0.121. The van der Waals surface area contributed by atoms with Crippen LogP contribution in [-0.4, -0.2) is 57.4 Å². The Morgan fingerprint density at radius 2 is 1.52 bits per heavy atom. The maximum atomic E-state index is 13.9. The highest BCUT2D eigenvalue weighted by Crippen LogP contribution is 2.26. The van der Waals surface area contributed by atoms with Crippen LogP contribution in [0.4, 0.5) is 5.69 Å². The average Bonchev–Trinajstić information content (AvgIpc) is 3.50. The first-order valence-electron chi connectivity index (χ1n) is 13.6. The molecule has 1 aliphatic carbocycles. The normalized spacial score (nSPS) is 14.3. The van der Waals surface area contributed by atoms with Crippen LogP contribution in [0.15, 0.2) is 89.8 Å². The molecule has 8 nitrogen and oxygen atoms in total. The Labute approximate surface area is 237 Å². The molecule has 3 aromatic carbocycles. The first kappa shape index (κ1) is 29.1. The summed E-state index contributed by atoms with van der Waals surface area (Å²) >= 11 is 0. The molecule has 1 fully saturated rings. The van der Waals surface area contributed by atoms with E-state index in [1.165, 1.54) is 24.1 Å². The topological polar surface area (TPSA) is 96.0 Å². The summed E-state index contributed by atoms with van der Waals surface area (Å²) in [6, 6.07) is 23.6. The molecule has 2 amide bonds. The third-order valence-electron chi connectivity index (χ3n) is 7.32. The van der Waals surface area contributed by atoms with Crippen molar-refractivity contribution in [3.63, 3.8) is 0 Å². The number of ether oxygens (including phenoxy) is 1. The van der Waals surface area contributed by atoms with Crippen molar-refractivity contribution in [1.82, 2.24) is 10.2 Å². The highest BCUT2D eigenvalue weighted by atomic mass is 32.2. The summed E-state index contributed by atoms with van der Waals surface area (Å²) in [7, 11) is -2.56. The number of benzene rings is 3. The van der Waals surface area contributed by atoms with Gasteiger partial charge in [-0.2, -0.15) is 0 Å². The molecule has 0 heterocycles. The third-order valence-corrected chi connectivity index (χ3v) is 9.11. The number of hydrogen-bond acceptors (Lipinski definition) is 5. The van der Waals surface area contributed by atoms with Crippen LogP contribution in [0.5, 0.6) is 5.75 Å². The first-order chi connectivity index (χ1) is 19.3. The van der Waals surface area contributed by atoms with E-state index in [9.17, 15) is 18.0 Å².